The van der Waals surface area contributed by atoms with Crippen LogP contribution in [0.25, 0.3) is 0 Å². The highest BCUT2D eigenvalue weighted by Gasteiger charge is 2.29. The Labute approximate surface area is 120 Å². The van der Waals surface area contributed by atoms with E-state index in [9.17, 15) is 22.8 Å². The minimum atomic E-state index is -4.41. The SMILES string of the molecule is CCCCC(=O)NCC(=O)Nc1ccc(C(F)(F)F)cc1. The van der Waals surface area contributed by atoms with E-state index >= 15 is 0 Å². The highest BCUT2D eigenvalue weighted by molar-refractivity contribution is 5.94. The van der Waals surface area contributed by atoms with Gasteiger partial charge in [-0.25, -0.2) is 0 Å². The smallest absolute Gasteiger partial charge is 0.347 e. The Balaban J connectivity index is 2.43. The van der Waals surface area contributed by atoms with Gasteiger partial charge in [0.15, 0.2) is 0 Å². The topological polar surface area (TPSA) is 58.2 Å². The van der Waals surface area contributed by atoms with Crippen LogP contribution in [0.4, 0.5) is 18.9 Å². The number of carbonyl (C=O) groups is 2. The van der Waals surface area contributed by atoms with Crippen molar-refractivity contribution in [3.8, 4) is 0 Å². The van der Waals surface area contributed by atoms with Crippen molar-refractivity contribution in [1.29, 1.82) is 0 Å². The molecule has 7 heteroatoms. The molecular weight excluding hydrogens is 285 g/mol. The molecule has 0 atom stereocenters. The van der Waals surface area contributed by atoms with Crippen molar-refractivity contribution in [1.82, 2.24) is 5.32 Å². The second-order valence-electron chi connectivity index (χ2n) is 4.50. The number of benzene rings is 1. The minimum Gasteiger partial charge on any atom is -0.347 e. The molecule has 0 saturated carbocycles. The predicted octanol–water partition coefficient (Wildman–Crippen LogP) is 2.95. The van der Waals surface area contributed by atoms with E-state index in [0.29, 0.717) is 6.42 Å². The summed E-state index contributed by atoms with van der Waals surface area (Å²) in [4.78, 5) is 22.8. The summed E-state index contributed by atoms with van der Waals surface area (Å²) in [7, 11) is 0. The fourth-order valence-corrected chi connectivity index (χ4v) is 1.55. The first-order valence-electron chi connectivity index (χ1n) is 6.56. The van der Waals surface area contributed by atoms with Gasteiger partial charge in [0.1, 0.15) is 0 Å². The van der Waals surface area contributed by atoms with Crippen LogP contribution in [-0.4, -0.2) is 18.4 Å². The maximum Gasteiger partial charge on any atom is 0.416 e. The van der Waals surface area contributed by atoms with E-state index in [1.54, 1.807) is 0 Å². The van der Waals surface area contributed by atoms with Gasteiger partial charge in [0.2, 0.25) is 11.8 Å². The average molecular weight is 302 g/mol. The van der Waals surface area contributed by atoms with Crippen LogP contribution in [0, 0.1) is 0 Å². The summed E-state index contributed by atoms with van der Waals surface area (Å²) < 4.78 is 37.1. The van der Waals surface area contributed by atoms with Crippen molar-refractivity contribution in [3.63, 3.8) is 0 Å². The van der Waals surface area contributed by atoms with E-state index in [2.05, 4.69) is 10.6 Å². The highest BCUT2D eigenvalue weighted by Crippen LogP contribution is 2.29. The first-order chi connectivity index (χ1) is 9.82. The first-order valence-corrected chi connectivity index (χ1v) is 6.56. The van der Waals surface area contributed by atoms with Gasteiger partial charge in [-0.1, -0.05) is 13.3 Å². The maximum absolute atomic E-state index is 12.4. The molecule has 0 aliphatic rings. The van der Waals surface area contributed by atoms with Crippen LogP contribution in [-0.2, 0) is 15.8 Å². The third-order valence-corrected chi connectivity index (χ3v) is 2.70. The quantitative estimate of drug-likeness (QED) is 0.849. The summed E-state index contributed by atoms with van der Waals surface area (Å²) in [6, 6.07) is 4.10. The molecule has 1 aromatic carbocycles. The summed E-state index contributed by atoms with van der Waals surface area (Å²) in [6.45, 7) is 1.74. The average Bonchev–Trinajstić information content (AvgIpc) is 2.42. The molecule has 0 heterocycles. The van der Waals surface area contributed by atoms with Gasteiger partial charge >= 0.3 is 6.18 Å². The van der Waals surface area contributed by atoms with E-state index in [4.69, 9.17) is 0 Å². The van der Waals surface area contributed by atoms with E-state index < -0.39 is 17.6 Å². The monoisotopic (exact) mass is 302 g/mol. The Morgan fingerprint density at radius 1 is 1.10 bits per heavy atom. The summed E-state index contributed by atoms with van der Waals surface area (Å²) in [6.07, 6.45) is -2.43. The number of nitrogens with one attached hydrogen (secondary N) is 2. The maximum atomic E-state index is 12.4. The summed E-state index contributed by atoms with van der Waals surface area (Å²) in [5.74, 6) is -0.709. The Morgan fingerprint density at radius 3 is 2.24 bits per heavy atom. The second-order valence-corrected chi connectivity index (χ2v) is 4.50. The van der Waals surface area contributed by atoms with Gasteiger partial charge in [-0.15, -0.1) is 0 Å². The first kappa shape index (κ1) is 17.0. The molecule has 0 aliphatic carbocycles. The van der Waals surface area contributed by atoms with Crippen molar-refractivity contribution >= 4 is 17.5 Å². The molecule has 0 aromatic heterocycles. The lowest BCUT2D eigenvalue weighted by atomic mass is 10.2. The zero-order chi connectivity index (χ0) is 15.9. The molecular formula is C14H17F3N2O2. The molecule has 0 spiro atoms. The summed E-state index contributed by atoms with van der Waals surface area (Å²) >= 11 is 0. The fraction of sp³-hybridized carbons (Fsp3) is 0.429. The van der Waals surface area contributed by atoms with Crippen LogP contribution >= 0.6 is 0 Å². The number of alkyl halides is 3. The lowest BCUT2D eigenvalue weighted by molar-refractivity contribution is -0.137. The zero-order valence-corrected chi connectivity index (χ0v) is 11.6. The van der Waals surface area contributed by atoms with Gasteiger partial charge in [0.05, 0.1) is 12.1 Å². The third kappa shape index (κ3) is 6.29. The number of unbranched alkanes of at least 4 members (excludes halogenated alkanes) is 1. The lowest BCUT2D eigenvalue weighted by Crippen LogP contribution is -2.32. The molecule has 4 nitrogen and oxygen atoms in total. The second kappa shape index (κ2) is 7.66. The Kier molecular flexibility index (Phi) is 6.20. The van der Waals surface area contributed by atoms with Gasteiger partial charge in [0.25, 0.3) is 0 Å². The van der Waals surface area contributed by atoms with Gasteiger partial charge in [-0.05, 0) is 30.7 Å². The van der Waals surface area contributed by atoms with Gasteiger partial charge in [-0.2, -0.15) is 13.2 Å². The summed E-state index contributed by atoms with van der Waals surface area (Å²) in [5.41, 5.74) is -0.538. The Morgan fingerprint density at radius 2 is 1.71 bits per heavy atom. The lowest BCUT2D eigenvalue weighted by Gasteiger charge is -2.09. The number of hydrogen-bond acceptors (Lipinski definition) is 2. The van der Waals surface area contributed by atoms with E-state index in [-0.39, 0.29) is 18.1 Å². The van der Waals surface area contributed by atoms with Gasteiger partial charge in [-0.3, -0.25) is 9.59 Å². The normalized spacial score (nSPS) is 11.0. The molecule has 116 valence electrons. The molecule has 0 aliphatic heterocycles. The van der Waals surface area contributed by atoms with Crippen LogP contribution in [0.15, 0.2) is 24.3 Å². The molecule has 0 bridgehead atoms. The molecule has 2 amide bonds. The van der Waals surface area contributed by atoms with Gasteiger partial charge < -0.3 is 10.6 Å². The highest BCUT2D eigenvalue weighted by atomic mass is 19.4. The molecule has 0 fully saturated rings. The summed E-state index contributed by atoms with van der Waals surface area (Å²) in [5, 5.41) is 4.85. The van der Waals surface area contributed by atoms with Crippen molar-refractivity contribution in [2.45, 2.75) is 32.4 Å². The largest absolute Gasteiger partial charge is 0.416 e. The number of rotatable bonds is 6. The Bertz CT molecular complexity index is 484. The number of hydrogen-bond donors (Lipinski definition) is 2. The van der Waals surface area contributed by atoms with E-state index in [1.807, 2.05) is 6.92 Å². The minimum absolute atomic E-state index is 0.205. The number of carbonyl (C=O) groups excluding carboxylic acids is 2. The molecule has 0 radical (unpaired) electrons. The predicted molar refractivity (Wildman–Crippen MR) is 72.6 cm³/mol. The number of anilines is 1. The third-order valence-electron chi connectivity index (χ3n) is 2.70. The van der Waals surface area contributed by atoms with Crippen LogP contribution in [0.2, 0.25) is 0 Å². The zero-order valence-electron chi connectivity index (χ0n) is 11.6. The van der Waals surface area contributed by atoms with Crippen LogP contribution < -0.4 is 10.6 Å². The number of amides is 2. The van der Waals surface area contributed by atoms with Crippen LogP contribution in [0.1, 0.15) is 31.7 Å². The Hall–Kier alpha value is -2.05. The van der Waals surface area contributed by atoms with Crippen molar-refractivity contribution in [2.75, 3.05) is 11.9 Å². The fourth-order valence-electron chi connectivity index (χ4n) is 1.55. The van der Waals surface area contributed by atoms with Crippen molar-refractivity contribution in [2.24, 2.45) is 0 Å². The molecule has 21 heavy (non-hydrogen) atoms. The molecule has 2 N–H and O–H groups in total. The van der Waals surface area contributed by atoms with Crippen LogP contribution in [0.3, 0.4) is 0 Å². The standard InChI is InChI=1S/C14H17F3N2O2/c1-2-3-4-12(20)18-9-13(21)19-11-7-5-10(6-8-11)14(15,16)17/h5-8H,2-4,9H2,1H3,(H,18,20)(H,19,21). The molecule has 0 saturated heterocycles. The van der Waals surface area contributed by atoms with Crippen LogP contribution in [0.5, 0.6) is 0 Å². The van der Waals surface area contributed by atoms with E-state index in [1.165, 1.54) is 12.1 Å². The van der Waals surface area contributed by atoms with Crippen molar-refractivity contribution < 1.29 is 22.8 Å². The molecule has 1 rings (SSSR count). The molecule has 0 unspecified atom stereocenters. The number of halogens is 3. The van der Waals surface area contributed by atoms with Gasteiger partial charge in [0, 0.05) is 12.1 Å². The van der Waals surface area contributed by atoms with Crippen molar-refractivity contribution in [3.05, 3.63) is 29.8 Å². The van der Waals surface area contributed by atoms with E-state index in [0.717, 1.165) is 25.0 Å². The molecule has 1 aromatic rings.